The average Bonchev–Trinajstić information content (AvgIpc) is 3.26. The fraction of sp³-hybridized carbons (Fsp3) is 0.714. The molecule has 0 fully saturated rings. The van der Waals surface area contributed by atoms with Crippen molar-refractivity contribution in [1.29, 1.82) is 0 Å². The standard InChI is InChI=1S/C56H97NO5/c1-4-7-10-13-16-19-22-24-26-27-29-31-34-37-40-43-46-49-56(61)62-52(47-44-41-38-35-33-30-28-25-23-20-17-14-11-8-5-2)50-55(60)57-53(51-58)54(59)48-45-42-39-36-32-21-18-15-12-9-6-3/h7,10,13,16,19,22,24-29,31,34,52-54,58-59H,4-6,8-9,11-12,14-15,17-18,20-21,23,30,32-33,35-51H2,1-3H3,(H,57,60)/b10-7-,16-13+,22-19+,26-24-,28-25+,29-27+,34-31+. The Morgan fingerprint density at radius 2 is 0.887 bits per heavy atom. The van der Waals surface area contributed by atoms with Crippen molar-refractivity contribution in [2.45, 2.75) is 251 Å². The summed E-state index contributed by atoms with van der Waals surface area (Å²) in [4.78, 5) is 26.1. The van der Waals surface area contributed by atoms with Crippen molar-refractivity contribution < 1.29 is 24.5 Å². The molecule has 62 heavy (non-hydrogen) atoms. The van der Waals surface area contributed by atoms with Gasteiger partial charge in [-0.1, -0.05) is 234 Å². The van der Waals surface area contributed by atoms with E-state index in [0.29, 0.717) is 19.3 Å². The van der Waals surface area contributed by atoms with Crippen LogP contribution in [0.3, 0.4) is 0 Å². The number of rotatable bonds is 45. The topological polar surface area (TPSA) is 95.9 Å². The molecule has 0 saturated heterocycles. The van der Waals surface area contributed by atoms with Crippen LogP contribution >= 0.6 is 0 Å². The molecule has 356 valence electrons. The van der Waals surface area contributed by atoms with E-state index in [4.69, 9.17) is 4.74 Å². The third-order valence-corrected chi connectivity index (χ3v) is 11.4. The number of esters is 1. The summed E-state index contributed by atoms with van der Waals surface area (Å²) >= 11 is 0. The molecular weight excluding hydrogens is 767 g/mol. The number of hydrogen-bond donors (Lipinski definition) is 3. The molecule has 0 aliphatic heterocycles. The minimum absolute atomic E-state index is 0.0499. The summed E-state index contributed by atoms with van der Waals surface area (Å²) in [5.74, 6) is -0.536. The summed E-state index contributed by atoms with van der Waals surface area (Å²) in [5, 5.41) is 23.7. The first-order chi connectivity index (χ1) is 30.5. The maximum Gasteiger partial charge on any atom is 0.306 e. The number of amides is 1. The van der Waals surface area contributed by atoms with Crippen molar-refractivity contribution in [3.8, 4) is 0 Å². The van der Waals surface area contributed by atoms with E-state index in [2.05, 4.69) is 56.5 Å². The largest absolute Gasteiger partial charge is 0.462 e. The molecule has 3 unspecified atom stereocenters. The molecule has 0 rings (SSSR count). The highest BCUT2D eigenvalue weighted by Gasteiger charge is 2.24. The molecule has 3 atom stereocenters. The lowest BCUT2D eigenvalue weighted by molar-refractivity contribution is -0.151. The molecule has 0 radical (unpaired) electrons. The molecule has 0 aliphatic carbocycles. The van der Waals surface area contributed by atoms with Gasteiger partial charge in [0.25, 0.3) is 0 Å². The second-order valence-electron chi connectivity index (χ2n) is 17.3. The highest BCUT2D eigenvalue weighted by Crippen LogP contribution is 2.17. The van der Waals surface area contributed by atoms with Gasteiger partial charge in [-0.2, -0.15) is 0 Å². The van der Waals surface area contributed by atoms with Crippen LogP contribution in [-0.4, -0.2) is 46.9 Å². The first kappa shape index (κ1) is 59.0. The van der Waals surface area contributed by atoms with Gasteiger partial charge >= 0.3 is 5.97 Å². The van der Waals surface area contributed by atoms with Gasteiger partial charge in [0.15, 0.2) is 0 Å². The third kappa shape index (κ3) is 43.7. The van der Waals surface area contributed by atoms with E-state index < -0.39 is 18.2 Å². The first-order valence-electron chi connectivity index (χ1n) is 25.9. The summed E-state index contributed by atoms with van der Waals surface area (Å²) in [6, 6.07) is -0.717. The highest BCUT2D eigenvalue weighted by molar-refractivity contribution is 5.77. The van der Waals surface area contributed by atoms with E-state index in [9.17, 15) is 19.8 Å². The summed E-state index contributed by atoms with van der Waals surface area (Å²) in [5.41, 5.74) is 0. The predicted molar refractivity (Wildman–Crippen MR) is 268 cm³/mol. The Labute approximate surface area is 383 Å². The van der Waals surface area contributed by atoms with E-state index in [1.165, 1.54) is 109 Å². The predicted octanol–water partition coefficient (Wildman–Crippen LogP) is 15.6. The molecule has 0 spiro atoms. The van der Waals surface area contributed by atoms with Gasteiger partial charge in [0.1, 0.15) is 6.10 Å². The van der Waals surface area contributed by atoms with Gasteiger partial charge in [0, 0.05) is 6.42 Å². The van der Waals surface area contributed by atoms with Crippen LogP contribution in [0.4, 0.5) is 0 Å². The number of ether oxygens (including phenoxy) is 1. The van der Waals surface area contributed by atoms with Gasteiger partial charge in [-0.05, 0) is 70.6 Å². The number of aliphatic hydroxyl groups excluding tert-OH is 2. The normalized spacial score (nSPS) is 14.0. The second-order valence-corrected chi connectivity index (χ2v) is 17.3. The number of carbonyl (C=O) groups excluding carboxylic acids is 2. The van der Waals surface area contributed by atoms with Crippen LogP contribution in [0.25, 0.3) is 0 Å². The van der Waals surface area contributed by atoms with Crippen molar-refractivity contribution >= 4 is 11.9 Å². The summed E-state index contributed by atoms with van der Waals surface area (Å²) in [6.07, 6.45) is 63.5. The van der Waals surface area contributed by atoms with Gasteiger partial charge in [-0.15, -0.1) is 0 Å². The Morgan fingerprint density at radius 1 is 0.484 bits per heavy atom. The number of aliphatic hydroxyl groups is 2. The molecule has 0 aromatic rings. The van der Waals surface area contributed by atoms with Crippen LogP contribution in [0.15, 0.2) is 85.1 Å². The lowest BCUT2D eigenvalue weighted by Gasteiger charge is -2.24. The molecule has 0 heterocycles. The Hall–Kier alpha value is -2.96. The Bertz CT molecular complexity index is 1200. The van der Waals surface area contributed by atoms with Crippen molar-refractivity contribution in [2.75, 3.05) is 6.61 Å². The van der Waals surface area contributed by atoms with Gasteiger partial charge in [0.05, 0.1) is 25.2 Å². The van der Waals surface area contributed by atoms with Crippen LogP contribution in [0, 0.1) is 0 Å². The second kappa shape index (κ2) is 49.1. The zero-order valence-corrected chi connectivity index (χ0v) is 40.5. The molecule has 3 N–H and O–H groups in total. The molecule has 1 amide bonds. The van der Waals surface area contributed by atoms with Crippen LogP contribution in [0.2, 0.25) is 0 Å². The number of unbranched alkanes of at least 4 members (excludes halogenated alkanes) is 24. The first-order valence-corrected chi connectivity index (χ1v) is 25.9. The molecule has 0 bridgehead atoms. The molecule has 6 heteroatoms. The lowest BCUT2D eigenvalue weighted by Crippen LogP contribution is -2.46. The van der Waals surface area contributed by atoms with Gasteiger partial charge in [-0.3, -0.25) is 9.59 Å². The minimum Gasteiger partial charge on any atom is -0.462 e. The Morgan fingerprint density at radius 3 is 1.37 bits per heavy atom. The van der Waals surface area contributed by atoms with Crippen molar-refractivity contribution in [1.82, 2.24) is 5.32 Å². The van der Waals surface area contributed by atoms with Crippen molar-refractivity contribution in [2.24, 2.45) is 0 Å². The van der Waals surface area contributed by atoms with Gasteiger partial charge < -0.3 is 20.3 Å². The zero-order valence-electron chi connectivity index (χ0n) is 40.5. The van der Waals surface area contributed by atoms with Crippen molar-refractivity contribution in [3.63, 3.8) is 0 Å². The van der Waals surface area contributed by atoms with E-state index >= 15 is 0 Å². The van der Waals surface area contributed by atoms with Crippen LogP contribution < -0.4 is 5.32 Å². The summed E-state index contributed by atoms with van der Waals surface area (Å²) in [6.45, 7) is 6.31. The van der Waals surface area contributed by atoms with Gasteiger partial charge in [0.2, 0.25) is 5.91 Å². The van der Waals surface area contributed by atoms with Gasteiger partial charge in [-0.25, -0.2) is 0 Å². The van der Waals surface area contributed by atoms with E-state index in [1.54, 1.807) is 0 Å². The smallest absolute Gasteiger partial charge is 0.306 e. The van der Waals surface area contributed by atoms with E-state index in [1.807, 2.05) is 54.7 Å². The van der Waals surface area contributed by atoms with Crippen LogP contribution in [0.5, 0.6) is 0 Å². The maximum absolute atomic E-state index is 13.2. The summed E-state index contributed by atoms with van der Waals surface area (Å²) in [7, 11) is 0. The van der Waals surface area contributed by atoms with E-state index in [-0.39, 0.29) is 24.9 Å². The van der Waals surface area contributed by atoms with Crippen LogP contribution in [-0.2, 0) is 14.3 Å². The maximum atomic E-state index is 13.2. The number of carbonyl (C=O) groups is 2. The summed E-state index contributed by atoms with van der Waals surface area (Å²) < 4.78 is 5.91. The molecule has 0 aromatic heterocycles. The SMILES string of the molecule is CC\C=C/C=C/C=C/C=C\C=C\C=C\CCCCCC(=O)OC(CCCCCCC/C=C/CCCCCCCC)CC(=O)NC(CO)C(O)CCCCCCCCCCCCC. The monoisotopic (exact) mass is 864 g/mol. The molecule has 6 nitrogen and oxygen atoms in total. The molecule has 0 saturated carbocycles. The highest BCUT2D eigenvalue weighted by atomic mass is 16.5. The minimum atomic E-state index is -0.801. The molecule has 0 aromatic carbocycles. The third-order valence-electron chi connectivity index (χ3n) is 11.4. The Kier molecular flexibility index (Phi) is 46.7. The fourth-order valence-electron chi connectivity index (χ4n) is 7.46. The number of allylic oxidation sites excluding steroid dienone is 14. The van der Waals surface area contributed by atoms with E-state index in [0.717, 1.165) is 77.0 Å². The lowest BCUT2D eigenvalue weighted by atomic mass is 10.0. The number of hydrogen-bond acceptors (Lipinski definition) is 5. The molecule has 0 aliphatic rings. The van der Waals surface area contributed by atoms with Crippen LogP contribution in [0.1, 0.15) is 233 Å². The average molecular weight is 864 g/mol. The fourth-order valence-corrected chi connectivity index (χ4v) is 7.46. The Balaban J connectivity index is 4.71. The molecular formula is C56H97NO5. The van der Waals surface area contributed by atoms with Crippen molar-refractivity contribution in [3.05, 3.63) is 85.1 Å². The number of nitrogens with one attached hydrogen (secondary N) is 1. The quantitative estimate of drug-likeness (QED) is 0.0245. The zero-order chi connectivity index (χ0) is 45.2.